The Morgan fingerprint density at radius 1 is 1.16 bits per heavy atom. The molecule has 0 spiro atoms. The van der Waals surface area contributed by atoms with E-state index in [1.54, 1.807) is 6.07 Å². The molecule has 0 saturated heterocycles. The van der Waals surface area contributed by atoms with Crippen LogP contribution in [0.3, 0.4) is 0 Å². The molecule has 25 heavy (non-hydrogen) atoms. The molecular formula is C17H19ClN2O4S. The fourth-order valence-electron chi connectivity index (χ4n) is 2.23. The molecule has 1 amide bonds. The van der Waals surface area contributed by atoms with Crippen molar-refractivity contribution in [2.45, 2.75) is 18.7 Å². The van der Waals surface area contributed by atoms with E-state index in [9.17, 15) is 13.2 Å². The Kier molecular flexibility index (Phi) is 5.84. The number of sulfonamides is 1. The molecule has 0 aromatic heterocycles. The molecule has 2 rings (SSSR count). The SMILES string of the molecule is CON(C)S(=O)(=O)c1cc(C(=O)Nc2ccc(C)cc2C)ccc1Cl. The molecule has 0 bridgehead atoms. The fourth-order valence-corrected chi connectivity index (χ4v) is 3.70. The molecule has 0 aliphatic rings. The topological polar surface area (TPSA) is 75.7 Å². The number of benzene rings is 2. The molecule has 0 aliphatic carbocycles. The van der Waals surface area contributed by atoms with E-state index in [1.807, 2.05) is 26.0 Å². The van der Waals surface area contributed by atoms with E-state index < -0.39 is 15.9 Å². The molecule has 1 N–H and O–H groups in total. The second-order valence-electron chi connectivity index (χ2n) is 5.52. The van der Waals surface area contributed by atoms with Gasteiger partial charge >= 0.3 is 0 Å². The van der Waals surface area contributed by atoms with Gasteiger partial charge in [-0.2, -0.15) is 0 Å². The normalized spacial score (nSPS) is 11.6. The summed E-state index contributed by atoms with van der Waals surface area (Å²) in [5.41, 5.74) is 2.82. The highest BCUT2D eigenvalue weighted by molar-refractivity contribution is 7.89. The highest BCUT2D eigenvalue weighted by Crippen LogP contribution is 2.26. The fraction of sp³-hybridized carbons (Fsp3) is 0.235. The second-order valence-corrected chi connectivity index (χ2v) is 7.83. The third-order valence-electron chi connectivity index (χ3n) is 3.70. The van der Waals surface area contributed by atoms with Crippen LogP contribution in [-0.4, -0.2) is 33.0 Å². The minimum Gasteiger partial charge on any atom is -0.322 e. The monoisotopic (exact) mass is 382 g/mol. The molecule has 8 heteroatoms. The summed E-state index contributed by atoms with van der Waals surface area (Å²) in [7, 11) is -1.49. The number of carbonyl (C=O) groups excluding carboxylic acids is 1. The van der Waals surface area contributed by atoms with Gasteiger partial charge in [0.15, 0.2) is 0 Å². The summed E-state index contributed by atoms with van der Waals surface area (Å²) in [6.45, 7) is 3.84. The predicted molar refractivity (Wildman–Crippen MR) is 97.3 cm³/mol. The number of nitrogens with zero attached hydrogens (tertiary/aromatic N) is 1. The molecule has 0 unspecified atom stereocenters. The number of halogens is 1. The minimum atomic E-state index is -3.96. The summed E-state index contributed by atoms with van der Waals surface area (Å²) in [5.74, 6) is -0.430. The minimum absolute atomic E-state index is 0.00645. The molecule has 0 saturated carbocycles. The van der Waals surface area contributed by atoms with Crippen LogP contribution in [0, 0.1) is 13.8 Å². The Hall–Kier alpha value is -1.93. The molecule has 2 aromatic rings. The molecule has 134 valence electrons. The summed E-state index contributed by atoms with van der Waals surface area (Å²) in [4.78, 5) is 17.0. The van der Waals surface area contributed by atoms with E-state index in [2.05, 4.69) is 5.32 Å². The zero-order chi connectivity index (χ0) is 18.8. The average molecular weight is 383 g/mol. The van der Waals surface area contributed by atoms with Gasteiger partial charge in [0, 0.05) is 18.3 Å². The van der Waals surface area contributed by atoms with E-state index in [0.717, 1.165) is 11.1 Å². The van der Waals surface area contributed by atoms with Crippen LogP contribution in [0.2, 0.25) is 5.02 Å². The lowest BCUT2D eigenvalue weighted by molar-refractivity contribution is -0.0258. The van der Waals surface area contributed by atoms with E-state index in [4.69, 9.17) is 16.4 Å². The third-order valence-corrected chi connectivity index (χ3v) is 5.86. The van der Waals surface area contributed by atoms with Crippen LogP contribution >= 0.6 is 11.6 Å². The molecule has 0 atom stereocenters. The van der Waals surface area contributed by atoms with Crippen molar-refractivity contribution in [3.05, 3.63) is 58.1 Å². The van der Waals surface area contributed by atoms with Crippen molar-refractivity contribution in [3.63, 3.8) is 0 Å². The van der Waals surface area contributed by atoms with Gasteiger partial charge in [0.1, 0.15) is 4.90 Å². The molecule has 0 heterocycles. The maximum atomic E-state index is 12.5. The number of nitrogens with one attached hydrogen (secondary N) is 1. The van der Waals surface area contributed by atoms with Crippen molar-refractivity contribution in [1.29, 1.82) is 0 Å². The largest absolute Gasteiger partial charge is 0.322 e. The zero-order valence-corrected chi connectivity index (χ0v) is 15.9. The summed E-state index contributed by atoms with van der Waals surface area (Å²) in [6, 6.07) is 9.69. The number of carbonyl (C=O) groups is 1. The van der Waals surface area contributed by atoms with Gasteiger partial charge in [-0.1, -0.05) is 33.8 Å². The second kappa shape index (κ2) is 7.53. The lowest BCUT2D eigenvalue weighted by Gasteiger charge is -2.16. The maximum absolute atomic E-state index is 12.5. The molecule has 0 aliphatic heterocycles. The first-order chi connectivity index (χ1) is 11.7. The van der Waals surface area contributed by atoms with E-state index in [0.29, 0.717) is 10.2 Å². The van der Waals surface area contributed by atoms with Gasteiger partial charge in [0.25, 0.3) is 15.9 Å². The van der Waals surface area contributed by atoms with Crippen molar-refractivity contribution in [3.8, 4) is 0 Å². The number of aryl methyl sites for hydroxylation is 2. The zero-order valence-electron chi connectivity index (χ0n) is 14.3. The van der Waals surface area contributed by atoms with Gasteiger partial charge in [-0.25, -0.2) is 8.42 Å². The third kappa shape index (κ3) is 4.19. The average Bonchev–Trinajstić information content (AvgIpc) is 2.56. The van der Waals surface area contributed by atoms with Crippen molar-refractivity contribution in [1.82, 2.24) is 4.47 Å². The van der Waals surface area contributed by atoms with Gasteiger partial charge in [-0.3, -0.25) is 9.63 Å². The van der Waals surface area contributed by atoms with Crippen LogP contribution in [0.1, 0.15) is 21.5 Å². The predicted octanol–water partition coefficient (Wildman–Crippen LogP) is 3.39. The van der Waals surface area contributed by atoms with E-state index in [1.165, 1.54) is 32.4 Å². The van der Waals surface area contributed by atoms with Crippen molar-refractivity contribution in [2.75, 3.05) is 19.5 Å². The first kappa shape index (κ1) is 19.4. The summed E-state index contributed by atoms with van der Waals surface area (Å²) in [5, 5.41) is 2.78. The Balaban J connectivity index is 2.37. The number of rotatable bonds is 5. The van der Waals surface area contributed by atoms with Crippen molar-refractivity contribution in [2.24, 2.45) is 0 Å². The molecule has 6 nitrogen and oxygen atoms in total. The van der Waals surface area contributed by atoms with Crippen LogP contribution in [0.4, 0.5) is 5.69 Å². The lowest BCUT2D eigenvalue weighted by Crippen LogP contribution is -2.26. The number of hydrogen-bond acceptors (Lipinski definition) is 4. The first-order valence-electron chi connectivity index (χ1n) is 7.38. The number of hydrogen-bond donors (Lipinski definition) is 1. The standard InChI is InChI=1S/C17H19ClN2O4S/c1-11-5-8-15(12(2)9-11)19-17(21)13-6-7-14(18)16(10-13)25(22,23)20(3)24-4/h5-10H,1-4H3,(H,19,21). The molecule has 0 radical (unpaired) electrons. The summed E-state index contributed by atoms with van der Waals surface area (Å²) < 4.78 is 25.5. The molecule has 0 fully saturated rings. The highest BCUT2D eigenvalue weighted by Gasteiger charge is 2.25. The molecular weight excluding hydrogens is 364 g/mol. The van der Waals surface area contributed by atoms with Crippen LogP contribution < -0.4 is 5.32 Å². The van der Waals surface area contributed by atoms with E-state index in [-0.39, 0.29) is 15.5 Å². The number of hydroxylamine groups is 1. The van der Waals surface area contributed by atoms with Gasteiger partial charge in [-0.15, -0.1) is 0 Å². The Morgan fingerprint density at radius 3 is 2.44 bits per heavy atom. The van der Waals surface area contributed by atoms with Crippen LogP contribution in [-0.2, 0) is 14.9 Å². The Bertz CT molecular complexity index is 913. The quantitative estimate of drug-likeness (QED) is 0.804. The van der Waals surface area contributed by atoms with Crippen molar-refractivity contribution < 1.29 is 18.0 Å². The highest BCUT2D eigenvalue weighted by atomic mass is 35.5. The number of anilines is 1. The smallest absolute Gasteiger partial charge is 0.266 e. The van der Waals surface area contributed by atoms with Crippen LogP contribution in [0.5, 0.6) is 0 Å². The van der Waals surface area contributed by atoms with Gasteiger partial charge < -0.3 is 5.32 Å². The Morgan fingerprint density at radius 2 is 1.84 bits per heavy atom. The lowest BCUT2D eigenvalue weighted by atomic mass is 10.1. The first-order valence-corrected chi connectivity index (χ1v) is 9.20. The van der Waals surface area contributed by atoms with Crippen molar-refractivity contribution >= 4 is 33.2 Å². The van der Waals surface area contributed by atoms with Gasteiger partial charge in [0.2, 0.25) is 0 Å². The number of amides is 1. The Labute approximate surface area is 152 Å². The summed E-state index contributed by atoms with van der Waals surface area (Å²) >= 11 is 6.00. The summed E-state index contributed by atoms with van der Waals surface area (Å²) in [6.07, 6.45) is 0. The van der Waals surface area contributed by atoms with Crippen LogP contribution in [0.25, 0.3) is 0 Å². The van der Waals surface area contributed by atoms with E-state index >= 15 is 0 Å². The van der Waals surface area contributed by atoms with Crippen LogP contribution in [0.15, 0.2) is 41.3 Å². The van der Waals surface area contributed by atoms with Gasteiger partial charge in [-0.05, 0) is 43.7 Å². The maximum Gasteiger partial charge on any atom is 0.266 e. The molecule has 2 aromatic carbocycles. The van der Waals surface area contributed by atoms with Gasteiger partial charge in [0.05, 0.1) is 12.1 Å².